The molecule has 4 rings (SSSR count). The lowest BCUT2D eigenvalue weighted by Gasteiger charge is -2.41. The number of anilines is 1. The van der Waals surface area contributed by atoms with Crippen LogP contribution in [0.15, 0.2) is 18.5 Å². The zero-order chi connectivity index (χ0) is 20.8. The average Bonchev–Trinajstić information content (AvgIpc) is 3.15. The van der Waals surface area contributed by atoms with Gasteiger partial charge < -0.3 is 4.90 Å². The van der Waals surface area contributed by atoms with Crippen LogP contribution in [0.5, 0.6) is 0 Å². The highest BCUT2D eigenvalue weighted by atomic mass is 35.5. The zero-order valence-electron chi connectivity index (χ0n) is 16.2. The Kier molecular flexibility index (Phi) is 5.28. The van der Waals surface area contributed by atoms with Gasteiger partial charge in [-0.2, -0.15) is 19.6 Å². The van der Waals surface area contributed by atoms with Crippen LogP contribution < -0.4 is 4.90 Å². The molecule has 0 spiro atoms. The molecule has 1 aromatic carbocycles. The fourth-order valence-electron chi connectivity index (χ4n) is 4.24. The third-order valence-electron chi connectivity index (χ3n) is 6.24. The Bertz CT molecular complexity index is 1040. The van der Waals surface area contributed by atoms with Crippen LogP contribution in [0.3, 0.4) is 0 Å². The maximum atomic E-state index is 14.7. The smallest absolute Gasteiger partial charge is 0.255 e. The lowest BCUT2D eigenvalue weighted by atomic mass is 10.1. The Balaban J connectivity index is 1.90. The van der Waals surface area contributed by atoms with Crippen molar-refractivity contribution < 1.29 is 13.2 Å². The molecule has 0 bridgehead atoms. The number of rotatable bonds is 4. The highest BCUT2D eigenvalue weighted by Gasteiger charge is 2.36. The van der Waals surface area contributed by atoms with E-state index in [0.29, 0.717) is 18.0 Å². The fraction of sp³-hybridized carbons (Fsp3) is 0.421. The van der Waals surface area contributed by atoms with Crippen molar-refractivity contribution in [1.29, 1.82) is 0 Å². The first-order valence-electron chi connectivity index (χ1n) is 9.68. The highest BCUT2D eigenvalue weighted by molar-refractivity contribution is 6.80. The zero-order valence-corrected chi connectivity index (χ0v) is 18.0. The summed E-state index contributed by atoms with van der Waals surface area (Å²) in [6.45, 7) is 5.97. The summed E-state index contributed by atoms with van der Waals surface area (Å²) in [6, 6.07) is 5.86. The molecule has 1 saturated heterocycles. The van der Waals surface area contributed by atoms with Crippen LogP contribution in [0.4, 0.5) is 19.0 Å². The van der Waals surface area contributed by atoms with Crippen molar-refractivity contribution in [2.45, 2.75) is 38.0 Å². The van der Waals surface area contributed by atoms with E-state index in [1.807, 2.05) is 4.90 Å². The van der Waals surface area contributed by atoms with Crippen molar-refractivity contribution in [3.63, 3.8) is 0 Å². The average molecular weight is 440 g/mol. The largest absolute Gasteiger partial charge is 0.356 e. The maximum absolute atomic E-state index is 14.7. The van der Waals surface area contributed by atoms with Crippen molar-refractivity contribution in [1.82, 2.24) is 19.6 Å². The van der Waals surface area contributed by atoms with E-state index in [4.69, 9.17) is 11.6 Å². The quantitative estimate of drug-likeness (QED) is 0.415. The molecule has 0 amide bonds. The van der Waals surface area contributed by atoms with Gasteiger partial charge in [0.15, 0.2) is 0 Å². The topological polar surface area (TPSA) is 46.3 Å². The van der Waals surface area contributed by atoms with Crippen LogP contribution in [0, 0.1) is 17.5 Å². The Hall–Kier alpha value is -2.13. The molecule has 0 saturated carbocycles. The first-order chi connectivity index (χ1) is 13.9. The third-order valence-corrected chi connectivity index (χ3v) is 12.1. The van der Waals surface area contributed by atoms with Crippen LogP contribution in [-0.4, -0.2) is 40.7 Å². The van der Waals surface area contributed by atoms with Crippen LogP contribution >= 0.6 is 11.6 Å². The summed E-state index contributed by atoms with van der Waals surface area (Å²) in [4.78, 5) is 10.3. The summed E-state index contributed by atoms with van der Waals surface area (Å²) in [5.74, 6) is -2.37. The number of halogens is 4. The minimum Gasteiger partial charge on any atom is -0.356 e. The molecular weight excluding hydrogens is 419 g/mol. The lowest BCUT2D eigenvalue weighted by Crippen LogP contribution is -2.46. The summed E-state index contributed by atoms with van der Waals surface area (Å²) in [7, 11) is -1.33. The molecule has 2 aromatic heterocycles. The van der Waals surface area contributed by atoms with Gasteiger partial charge in [-0.25, -0.2) is 13.2 Å². The van der Waals surface area contributed by atoms with Crippen molar-refractivity contribution >= 4 is 31.3 Å². The van der Waals surface area contributed by atoms with Crippen molar-refractivity contribution in [3.05, 3.63) is 41.1 Å². The molecule has 1 fully saturated rings. The summed E-state index contributed by atoms with van der Waals surface area (Å²) in [5, 5.41) is 4.12. The molecular formula is C19H21ClF3N5Si. The minimum atomic E-state index is -1.33. The van der Waals surface area contributed by atoms with E-state index in [2.05, 4.69) is 28.9 Å². The molecule has 1 aliphatic rings. The molecule has 0 atom stereocenters. The predicted octanol–water partition coefficient (Wildman–Crippen LogP) is 5.17. The molecule has 0 unspecified atom stereocenters. The summed E-state index contributed by atoms with van der Waals surface area (Å²) < 4.78 is 44.3. The van der Waals surface area contributed by atoms with Gasteiger partial charge in [-0.05, 0) is 12.1 Å². The Morgan fingerprint density at radius 1 is 1.03 bits per heavy atom. The third kappa shape index (κ3) is 3.40. The van der Waals surface area contributed by atoms with Gasteiger partial charge in [0.1, 0.15) is 34.7 Å². The van der Waals surface area contributed by atoms with E-state index in [0.717, 1.165) is 25.2 Å². The van der Waals surface area contributed by atoms with Crippen molar-refractivity contribution in [2.75, 3.05) is 18.0 Å². The second kappa shape index (κ2) is 7.60. The molecule has 3 heterocycles. The molecule has 10 heteroatoms. The molecule has 0 N–H and O–H groups in total. The Morgan fingerprint density at radius 3 is 2.24 bits per heavy atom. The first kappa shape index (κ1) is 20.2. The molecule has 0 aliphatic carbocycles. The molecule has 3 aromatic rings. The molecule has 0 radical (unpaired) electrons. The van der Waals surface area contributed by atoms with E-state index in [1.54, 1.807) is 0 Å². The van der Waals surface area contributed by atoms with Gasteiger partial charge in [-0.1, -0.05) is 37.5 Å². The number of benzene rings is 1. The van der Waals surface area contributed by atoms with Gasteiger partial charge in [-0.3, -0.25) is 0 Å². The monoisotopic (exact) mass is 439 g/mol. The number of fused-ring (bicyclic) bond motifs is 1. The van der Waals surface area contributed by atoms with E-state index < -0.39 is 31.1 Å². The number of nitrogens with zero attached hydrogens (tertiary/aromatic N) is 5. The predicted molar refractivity (Wildman–Crippen MR) is 110 cm³/mol. The Morgan fingerprint density at radius 2 is 1.66 bits per heavy atom. The van der Waals surface area contributed by atoms with E-state index in [1.165, 1.54) is 22.9 Å². The number of hydrogen-bond acceptors (Lipinski definition) is 4. The van der Waals surface area contributed by atoms with Crippen molar-refractivity contribution in [3.8, 4) is 11.1 Å². The van der Waals surface area contributed by atoms with Gasteiger partial charge in [0.2, 0.25) is 0 Å². The van der Waals surface area contributed by atoms with Gasteiger partial charge in [0, 0.05) is 25.2 Å². The first-order valence-corrected chi connectivity index (χ1v) is 12.9. The lowest BCUT2D eigenvalue weighted by molar-refractivity contribution is 0.547. The summed E-state index contributed by atoms with van der Waals surface area (Å²) in [6.07, 6.45) is 1.32. The van der Waals surface area contributed by atoms with Gasteiger partial charge in [-0.15, -0.1) is 0 Å². The highest BCUT2D eigenvalue weighted by Crippen LogP contribution is 2.41. The van der Waals surface area contributed by atoms with Crippen molar-refractivity contribution in [2.24, 2.45) is 0 Å². The van der Waals surface area contributed by atoms with Gasteiger partial charge in [0.05, 0.1) is 19.2 Å². The summed E-state index contributed by atoms with van der Waals surface area (Å²) in [5.41, 5.74) is -0.335. The molecule has 29 heavy (non-hydrogen) atoms. The van der Waals surface area contributed by atoms with Gasteiger partial charge >= 0.3 is 0 Å². The maximum Gasteiger partial charge on any atom is 0.255 e. The number of aromatic nitrogens is 4. The SMILES string of the molecule is CC[Si]1(CC)CCN(c2c(-c3c(F)cc(F)cc3F)c(Cl)nc3ncnn23)CC1. The fourth-order valence-corrected chi connectivity index (χ4v) is 8.15. The molecule has 1 aliphatic heterocycles. The van der Waals surface area contributed by atoms with Gasteiger partial charge in [0.25, 0.3) is 5.78 Å². The molecule has 5 nitrogen and oxygen atoms in total. The minimum absolute atomic E-state index is 0.0711. The second-order valence-corrected chi connectivity index (χ2v) is 13.3. The van der Waals surface area contributed by atoms with E-state index in [-0.39, 0.29) is 16.5 Å². The van der Waals surface area contributed by atoms with E-state index >= 15 is 0 Å². The van der Waals surface area contributed by atoms with Crippen LogP contribution in [0.2, 0.25) is 29.3 Å². The van der Waals surface area contributed by atoms with Crippen LogP contribution in [-0.2, 0) is 0 Å². The normalized spacial score (nSPS) is 16.6. The standard InChI is InChI=1S/C19H21ClF3N5Si/c1-3-29(4-2)7-5-27(6-8-29)18-16(15-13(22)9-12(21)10-14(15)23)17(20)26-19-24-11-25-28(18)19/h9-11H,3-8H2,1-2H3. The molecule has 154 valence electrons. The number of hydrogen-bond donors (Lipinski definition) is 0. The van der Waals surface area contributed by atoms with Crippen LogP contribution in [0.1, 0.15) is 13.8 Å². The Labute approximate surface area is 172 Å². The van der Waals surface area contributed by atoms with Crippen LogP contribution in [0.25, 0.3) is 16.9 Å². The van der Waals surface area contributed by atoms with E-state index in [9.17, 15) is 13.2 Å². The second-order valence-electron chi connectivity index (χ2n) is 7.51. The summed E-state index contributed by atoms with van der Waals surface area (Å²) >= 11 is 6.38.